The number of amides is 3. The number of nitrogens with zero attached hydrogens (tertiary/aromatic N) is 1. The van der Waals surface area contributed by atoms with Crippen molar-refractivity contribution < 1.29 is 29.1 Å². The summed E-state index contributed by atoms with van der Waals surface area (Å²) in [6.45, 7) is 4.86. The Balaban J connectivity index is 2.08. The molecule has 0 aliphatic carbocycles. The van der Waals surface area contributed by atoms with E-state index < -0.39 is 48.2 Å². The van der Waals surface area contributed by atoms with Gasteiger partial charge in [0.15, 0.2) is 0 Å². The highest BCUT2D eigenvalue weighted by molar-refractivity contribution is 6.06. The van der Waals surface area contributed by atoms with Crippen LogP contribution >= 0.6 is 0 Å². The molecule has 2 rings (SSSR count). The lowest BCUT2D eigenvalue weighted by Crippen LogP contribution is -2.55. The van der Waals surface area contributed by atoms with Crippen LogP contribution in [0.4, 0.5) is 0 Å². The van der Waals surface area contributed by atoms with Crippen LogP contribution in [0.15, 0.2) is 36.5 Å². The van der Waals surface area contributed by atoms with Gasteiger partial charge in [-0.15, -0.1) is 0 Å². The molecule has 0 saturated heterocycles. The number of carbonyl (C=O) groups excluding carboxylic acids is 4. The van der Waals surface area contributed by atoms with E-state index in [-0.39, 0.29) is 11.6 Å². The van der Waals surface area contributed by atoms with Gasteiger partial charge in [-0.1, -0.05) is 38.1 Å². The van der Waals surface area contributed by atoms with E-state index in [0.29, 0.717) is 11.7 Å². The van der Waals surface area contributed by atoms with Crippen LogP contribution in [0, 0.1) is 5.92 Å². The summed E-state index contributed by atoms with van der Waals surface area (Å²) in [5.74, 6) is -3.41. The van der Waals surface area contributed by atoms with E-state index in [2.05, 4.69) is 20.9 Å². The minimum Gasteiger partial charge on any atom is -0.481 e. The maximum Gasteiger partial charge on any atom is 0.305 e. The lowest BCUT2D eigenvalue weighted by atomic mass is 10.0. The van der Waals surface area contributed by atoms with Crippen molar-refractivity contribution >= 4 is 40.7 Å². The molecule has 0 aliphatic rings. The number of aromatic nitrogens is 1. The van der Waals surface area contributed by atoms with E-state index in [1.54, 1.807) is 32.0 Å². The molecule has 10 heteroatoms. The molecule has 1 aromatic heterocycles. The van der Waals surface area contributed by atoms with Crippen molar-refractivity contribution in [1.82, 2.24) is 20.9 Å². The number of aldehydes is 1. The Morgan fingerprint density at radius 2 is 1.69 bits per heavy atom. The van der Waals surface area contributed by atoms with Crippen molar-refractivity contribution in [2.75, 3.05) is 0 Å². The van der Waals surface area contributed by atoms with Gasteiger partial charge in [0.25, 0.3) is 5.91 Å². The zero-order valence-electron chi connectivity index (χ0n) is 18.0. The molecule has 3 amide bonds. The van der Waals surface area contributed by atoms with Gasteiger partial charge in [0.2, 0.25) is 11.8 Å². The number of carboxylic acids is 1. The van der Waals surface area contributed by atoms with Crippen LogP contribution in [0.3, 0.4) is 0 Å². The molecule has 0 fully saturated rings. The quantitative estimate of drug-likeness (QED) is 0.394. The predicted molar refractivity (Wildman–Crippen MR) is 116 cm³/mol. The van der Waals surface area contributed by atoms with Crippen LogP contribution < -0.4 is 16.0 Å². The molecule has 1 heterocycles. The number of hydrogen-bond donors (Lipinski definition) is 4. The van der Waals surface area contributed by atoms with E-state index in [4.69, 9.17) is 5.11 Å². The zero-order valence-corrected chi connectivity index (χ0v) is 18.0. The predicted octanol–water partition coefficient (Wildman–Crippen LogP) is 0.652. The highest BCUT2D eigenvalue weighted by Gasteiger charge is 2.29. The Morgan fingerprint density at radius 1 is 1.00 bits per heavy atom. The topological polar surface area (TPSA) is 155 Å². The van der Waals surface area contributed by atoms with Crippen molar-refractivity contribution in [2.24, 2.45) is 5.92 Å². The molecule has 2 aromatic rings. The van der Waals surface area contributed by atoms with Gasteiger partial charge in [0, 0.05) is 11.6 Å². The summed E-state index contributed by atoms with van der Waals surface area (Å²) in [6, 6.07) is 5.77. The Kier molecular flexibility index (Phi) is 8.39. The Morgan fingerprint density at radius 3 is 2.31 bits per heavy atom. The van der Waals surface area contributed by atoms with Crippen molar-refractivity contribution in [1.29, 1.82) is 0 Å². The molecular weight excluding hydrogens is 416 g/mol. The van der Waals surface area contributed by atoms with E-state index in [1.165, 1.54) is 13.1 Å². The Hall–Kier alpha value is -3.82. The van der Waals surface area contributed by atoms with Crippen LogP contribution in [0.5, 0.6) is 0 Å². The van der Waals surface area contributed by atoms with E-state index in [1.807, 2.05) is 12.1 Å². The van der Waals surface area contributed by atoms with Crippen molar-refractivity contribution in [2.45, 2.75) is 45.3 Å². The average Bonchev–Trinajstić information content (AvgIpc) is 2.75. The molecule has 0 bridgehead atoms. The third kappa shape index (κ3) is 6.34. The summed E-state index contributed by atoms with van der Waals surface area (Å²) in [6.07, 6.45) is 1.25. The molecule has 3 atom stereocenters. The summed E-state index contributed by atoms with van der Waals surface area (Å²) in [5.41, 5.74) is 0.176. The number of rotatable bonds is 10. The standard InChI is InChI=1S/C22H26N4O6/c1-12(2)18(21(31)24-13(3)20(30)25-15(11-27)10-17(28)29)26-22(32)19-16-7-5-4-6-14(16)8-9-23-19/h4-9,11-13,15,18H,10H2,1-3H3,(H,24,31)(H,25,30)(H,26,32)(H,28,29)/t13-,15-,18-/m0/s1. The minimum atomic E-state index is -1.25. The minimum absolute atomic E-state index is 0.176. The first-order valence-corrected chi connectivity index (χ1v) is 10.1. The summed E-state index contributed by atoms with van der Waals surface area (Å²) >= 11 is 0. The summed E-state index contributed by atoms with van der Waals surface area (Å²) < 4.78 is 0. The highest BCUT2D eigenvalue weighted by atomic mass is 16.4. The van der Waals surface area contributed by atoms with Gasteiger partial charge < -0.3 is 25.9 Å². The molecule has 32 heavy (non-hydrogen) atoms. The van der Waals surface area contributed by atoms with Gasteiger partial charge in [0.1, 0.15) is 24.1 Å². The fraction of sp³-hybridized carbons (Fsp3) is 0.364. The Labute approximate surface area is 184 Å². The number of fused-ring (bicyclic) bond motifs is 1. The molecule has 0 radical (unpaired) electrons. The van der Waals surface area contributed by atoms with Gasteiger partial charge in [-0.2, -0.15) is 0 Å². The molecule has 0 aliphatic heterocycles. The summed E-state index contributed by atoms with van der Waals surface area (Å²) in [5, 5.41) is 17.6. The Bertz CT molecular complexity index is 1020. The number of carboxylic acid groups (broad SMARTS) is 1. The third-order valence-corrected chi connectivity index (χ3v) is 4.76. The molecule has 10 nitrogen and oxygen atoms in total. The maximum absolute atomic E-state index is 12.9. The van der Waals surface area contributed by atoms with Crippen LogP contribution in [-0.4, -0.2) is 58.2 Å². The highest BCUT2D eigenvalue weighted by Crippen LogP contribution is 2.16. The molecule has 1 aromatic carbocycles. The number of nitrogens with one attached hydrogen (secondary N) is 3. The van der Waals surface area contributed by atoms with Crippen LogP contribution in [0.25, 0.3) is 10.8 Å². The largest absolute Gasteiger partial charge is 0.481 e. The van der Waals surface area contributed by atoms with Gasteiger partial charge in [0.05, 0.1) is 12.5 Å². The maximum atomic E-state index is 12.9. The number of carbonyl (C=O) groups is 5. The van der Waals surface area contributed by atoms with E-state index >= 15 is 0 Å². The number of hydrogen-bond acceptors (Lipinski definition) is 6. The van der Waals surface area contributed by atoms with Crippen LogP contribution in [0.1, 0.15) is 37.7 Å². The molecule has 170 valence electrons. The number of aliphatic carboxylic acids is 1. The molecule has 0 spiro atoms. The lowest BCUT2D eigenvalue weighted by Gasteiger charge is -2.24. The second-order valence-electron chi connectivity index (χ2n) is 7.66. The summed E-state index contributed by atoms with van der Waals surface area (Å²) in [4.78, 5) is 63.7. The number of pyridine rings is 1. The summed E-state index contributed by atoms with van der Waals surface area (Å²) in [7, 11) is 0. The van der Waals surface area contributed by atoms with Crippen LogP contribution in [-0.2, 0) is 19.2 Å². The monoisotopic (exact) mass is 442 g/mol. The zero-order chi connectivity index (χ0) is 23.8. The first kappa shape index (κ1) is 24.4. The first-order valence-electron chi connectivity index (χ1n) is 10.1. The van der Waals surface area contributed by atoms with E-state index in [9.17, 15) is 24.0 Å². The third-order valence-electron chi connectivity index (χ3n) is 4.76. The molecular formula is C22H26N4O6. The van der Waals surface area contributed by atoms with Crippen LogP contribution in [0.2, 0.25) is 0 Å². The van der Waals surface area contributed by atoms with Gasteiger partial charge in [-0.05, 0) is 24.3 Å². The van der Waals surface area contributed by atoms with Crippen molar-refractivity contribution in [3.8, 4) is 0 Å². The van der Waals surface area contributed by atoms with Crippen molar-refractivity contribution in [3.05, 3.63) is 42.2 Å². The molecule has 0 unspecified atom stereocenters. The van der Waals surface area contributed by atoms with Crippen molar-refractivity contribution in [3.63, 3.8) is 0 Å². The number of benzene rings is 1. The SMILES string of the molecule is CC(C)[C@H](NC(=O)c1nccc2ccccc12)C(=O)N[C@@H](C)C(=O)N[C@H](C=O)CC(=O)O. The molecule has 4 N–H and O–H groups in total. The second kappa shape index (κ2) is 11.0. The smallest absolute Gasteiger partial charge is 0.305 e. The lowest BCUT2D eigenvalue weighted by molar-refractivity contribution is -0.139. The van der Waals surface area contributed by atoms with E-state index in [0.717, 1.165) is 5.39 Å². The van der Waals surface area contributed by atoms with Gasteiger partial charge in [-0.3, -0.25) is 24.2 Å². The first-order chi connectivity index (χ1) is 15.1. The average molecular weight is 442 g/mol. The second-order valence-corrected chi connectivity index (χ2v) is 7.66. The van der Waals surface area contributed by atoms with Gasteiger partial charge >= 0.3 is 5.97 Å². The normalized spacial score (nSPS) is 13.6. The van der Waals surface area contributed by atoms with Gasteiger partial charge in [-0.25, -0.2) is 0 Å². The fourth-order valence-electron chi connectivity index (χ4n) is 3.04. The fourth-order valence-corrected chi connectivity index (χ4v) is 3.04. The molecule has 0 saturated carbocycles.